The maximum Gasteiger partial charge on any atom is 0.322 e. The van der Waals surface area contributed by atoms with E-state index in [-0.39, 0.29) is 25.1 Å². The minimum atomic E-state index is -2.26. The Balaban J connectivity index is 1.34. The molecule has 3 aromatic rings. The molecule has 5 aliphatic heterocycles. The summed E-state index contributed by atoms with van der Waals surface area (Å²) in [6.45, 7) is 7.39. The average molecular weight is 812 g/mol. The quantitative estimate of drug-likeness (QED) is 0.107. The predicted octanol–water partition coefficient (Wildman–Crippen LogP) is 2.75. The number of esters is 1. The average Bonchev–Trinajstić information content (AvgIpc) is 3.90. The van der Waals surface area contributed by atoms with Gasteiger partial charge in [0.25, 0.3) is 5.91 Å². The fourth-order valence-corrected chi connectivity index (χ4v) is 13.5. The summed E-state index contributed by atoms with van der Waals surface area (Å²) in [6, 6.07) is 11.0. The normalized spacial score (nSPS) is 37.1. The molecule has 3 fully saturated rings. The number of rotatable bonds is 9. The molecule has 1 spiro atoms. The maximum absolute atomic E-state index is 15.3. The molecule has 2 saturated heterocycles. The second-order valence-electron chi connectivity index (χ2n) is 18.5. The van der Waals surface area contributed by atoms with Gasteiger partial charge in [0, 0.05) is 97.2 Å². The molecule has 59 heavy (non-hydrogen) atoms. The number of aliphatic hydroxyl groups excluding tert-OH is 2. The fraction of sp³-hybridized carbons (Fsp3) is 0.609. The first-order chi connectivity index (χ1) is 28.3. The lowest BCUT2D eigenvalue weighted by molar-refractivity contribution is -0.203. The lowest BCUT2D eigenvalue weighted by Crippen LogP contribution is -2.81. The van der Waals surface area contributed by atoms with Crippen LogP contribution in [0.2, 0.25) is 0 Å². The molecule has 6 N–H and O–H groups in total. The van der Waals surface area contributed by atoms with E-state index in [0.717, 1.165) is 33.4 Å². The van der Waals surface area contributed by atoms with E-state index in [9.17, 15) is 25.2 Å². The van der Waals surface area contributed by atoms with Gasteiger partial charge in [-0.25, -0.2) is 0 Å². The number of piperidine rings is 1. The van der Waals surface area contributed by atoms with E-state index in [1.807, 2.05) is 56.1 Å². The molecule has 13 nitrogen and oxygen atoms in total. The van der Waals surface area contributed by atoms with Gasteiger partial charge in [0.05, 0.1) is 25.9 Å². The van der Waals surface area contributed by atoms with Crippen molar-refractivity contribution < 1.29 is 39.5 Å². The highest BCUT2D eigenvalue weighted by atomic mass is 16.5. The molecule has 6 unspecified atom stereocenters. The van der Waals surface area contributed by atoms with E-state index in [0.29, 0.717) is 89.0 Å². The van der Waals surface area contributed by atoms with Crippen LogP contribution >= 0.6 is 0 Å². The van der Waals surface area contributed by atoms with Crippen molar-refractivity contribution in [1.82, 2.24) is 20.1 Å². The van der Waals surface area contributed by atoms with Gasteiger partial charge in [-0.2, -0.15) is 0 Å². The van der Waals surface area contributed by atoms with Crippen molar-refractivity contribution >= 4 is 28.5 Å². The molecule has 2 bridgehead atoms. The molecular formula is C46H61N5O8. The number of para-hydroxylation sites is 1. The number of benzene rings is 2. The van der Waals surface area contributed by atoms with Gasteiger partial charge in [0.2, 0.25) is 0 Å². The molecule has 13 heteroatoms. The summed E-state index contributed by atoms with van der Waals surface area (Å²) in [5, 5.41) is 51.3. The molecule has 1 aromatic heterocycles. The topological polar surface area (TPSA) is 171 Å². The molecule has 1 saturated carbocycles. The Morgan fingerprint density at radius 1 is 1.03 bits per heavy atom. The highest BCUT2D eigenvalue weighted by Crippen LogP contribution is 2.67. The van der Waals surface area contributed by atoms with E-state index < -0.39 is 51.5 Å². The zero-order chi connectivity index (χ0) is 41.7. The monoisotopic (exact) mass is 811 g/mol. The van der Waals surface area contributed by atoms with Crippen LogP contribution < -0.4 is 15.0 Å². The number of likely N-dealkylation sites (N-methyl/N-ethyl adjacent to an activating group) is 1. The van der Waals surface area contributed by atoms with Gasteiger partial charge in [0.15, 0.2) is 5.60 Å². The maximum atomic E-state index is 15.3. The lowest BCUT2D eigenvalue weighted by atomic mass is 9.47. The fourth-order valence-electron chi connectivity index (χ4n) is 13.5. The second-order valence-corrected chi connectivity index (χ2v) is 18.5. The number of nitrogens with zero attached hydrogens (tertiary/aromatic N) is 3. The van der Waals surface area contributed by atoms with E-state index >= 15 is 4.79 Å². The largest absolute Gasteiger partial charge is 0.496 e. The molecule has 318 valence electrons. The summed E-state index contributed by atoms with van der Waals surface area (Å²) >= 11 is 0. The highest BCUT2D eigenvalue weighted by molar-refractivity contribution is 5.95. The highest BCUT2D eigenvalue weighted by Gasteiger charge is 2.78. The summed E-state index contributed by atoms with van der Waals surface area (Å²) in [5.74, 6) is -0.727. The van der Waals surface area contributed by atoms with Crippen molar-refractivity contribution in [3.63, 3.8) is 0 Å². The molecule has 6 aliphatic rings. The van der Waals surface area contributed by atoms with Crippen molar-refractivity contribution in [2.45, 2.75) is 99.0 Å². The molecule has 1 aliphatic carbocycles. The Morgan fingerprint density at radius 3 is 2.56 bits per heavy atom. The Bertz CT molecular complexity index is 2190. The van der Waals surface area contributed by atoms with Gasteiger partial charge in [-0.1, -0.05) is 44.2 Å². The third-order valence-corrected chi connectivity index (χ3v) is 15.8. The van der Waals surface area contributed by atoms with Gasteiger partial charge in [-0.3, -0.25) is 19.4 Å². The number of aliphatic hydroxyl groups is 4. The van der Waals surface area contributed by atoms with Crippen LogP contribution in [0.25, 0.3) is 10.9 Å². The predicted molar refractivity (Wildman–Crippen MR) is 224 cm³/mol. The van der Waals surface area contributed by atoms with E-state index in [4.69, 9.17) is 9.47 Å². The molecule has 0 radical (unpaired) electrons. The Labute approximate surface area is 346 Å². The van der Waals surface area contributed by atoms with E-state index in [1.54, 1.807) is 7.11 Å². The van der Waals surface area contributed by atoms with Crippen LogP contribution in [0.1, 0.15) is 74.8 Å². The minimum Gasteiger partial charge on any atom is -0.496 e. The zero-order valence-corrected chi connectivity index (χ0v) is 35.1. The van der Waals surface area contributed by atoms with Crippen molar-refractivity contribution in [2.24, 2.45) is 11.3 Å². The van der Waals surface area contributed by atoms with Crippen molar-refractivity contribution in [3.05, 3.63) is 70.9 Å². The number of H-pyrrole nitrogens is 1. The van der Waals surface area contributed by atoms with Crippen LogP contribution in [0.5, 0.6) is 5.75 Å². The third kappa shape index (κ3) is 5.37. The summed E-state index contributed by atoms with van der Waals surface area (Å²) in [5.41, 5.74) is -1.47. The summed E-state index contributed by atoms with van der Waals surface area (Å²) < 4.78 is 12.3. The first-order valence-electron chi connectivity index (χ1n) is 21.6. The molecule has 2 aromatic carbocycles. The molecular weight excluding hydrogens is 751 g/mol. The second kappa shape index (κ2) is 14.3. The van der Waals surface area contributed by atoms with E-state index in [2.05, 4.69) is 38.3 Å². The van der Waals surface area contributed by atoms with Crippen molar-refractivity contribution in [3.8, 4) is 5.75 Å². The van der Waals surface area contributed by atoms with Gasteiger partial charge in [0.1, 0.15) is 17.3 Å². The van der Waals surface area contributed by atoms with Crippen LogP contribution in [-0.2, 0) is 31.6 Å². The number of aromatic amines is 1. The summed E-state index contributed by atoms with van der Waals surface area (Å²) in [4.78, 5) is 40.4. The van der Waals surface area contributed by atoms with Gasteiger partial charge in [-0.15, -0.1) is 0 Å². The number of carbonyl (C=O) groups is 2. The summed E-state index contributed by atoms with van der Waals surface area (Å²) in [7, 11) is 4.92. The number of fused-ring (bicyclic) bond motifs is 6. The van der Waals surface area contributed by atoms with Crippen molar-refractivity contribution in [2.75, 3.05) is 72.0 Å². The van der Waals surface area contributed by atoms with Gasteiger partial charge < -0.3 is 45.1 Å². The van der Waals surface area contributed by atoms with Crippen molar-refractivity contribution in [1.29, 1.82) is 0 Å². The van der Waals surface area contributed by atoms with Crippen LogP contribution in [-0.4, -0.2) is 144 Å². The van der Waals surface area contributed by atoms with Gasteiger partial charge in [-0.05, 0) is 80.7 Å². The summed E-state index contributed by atoms with van der Waals surface area (Å²) in [6.07, 6.45) is 6.10. The Hall–Kier alpha value is -3.98. The molecule has 1 amide bonds. The van der Waals surface area contributed by atoms with Crippen LogP contribution in [0.3, 0.4) is 0 Å². The SMILES string of the molecule is CCC1(O)CC2C[N@](CCc3c([nH]c4ccccc34)C(C(=O)OC)(c3cc4c(cc3OC)N(C)C3C45CCN4CC=C[C@](CC)(C45)[C@@H](O)[C@]3(O)C(=O)NCCCO)C2)C1. The smallest absolute Gasteiger partial charge is 0.322 e. The molecule has 10 atom stereocenters. The Morgan fingerprint density at radius 2 is 1.83 bits per heavy atom. The van der Waals surface area contributed by atoms with E-state index in [1.165, 1.54) is 7.11 Å². The van der Waals surface area contributed by atoms with Crippen LogP contribution in [0.15, 0.2) is 48.6 Å². The number of nitrogens with one attached hydrogen (secondary N) is 2. The number of aromatic nitrogens is 1. The number of carbonyl (C=O) groups excluding carboxylic acids is 2. The number of ether oxygens (including phenoxy) is 2. The first kappa shape index (κ1) is 40.4. The number of hydrogen-bond acceptors (Lipinski definition) is 11. The number of amides is 1. The molecule has 9 rings (SSSR count). The number of methoxy groups -OCH3 is 2. The molecule has 6 heterocycles. The minimum absolute atomic E-state index is 0.0903. The zero-order valence-electron chi connectivity index (χ0n) is 35.1. The van der Waals surface area contributed by atoms with Gasteiger partial charge >= 0.3 is 5.97 Å². The number of anilines is 1. The third-order valence-electron chi connectivity index (χ3n) is 15.8. The standard InChI is InChI=1S/C46H61N5O8/c1-6-42(56)24-28-25-45(41(55)59-5,36-30(14-19-50(26-28)27-42)29-12-8-9-13-33(29)48-36)32-22-31-34(23-35(32)58-4)49(3)38-44(31)16-20-51-18-10-15-43(7-2,37(44)51)39(53)46(38,57)40(54)47-17-11-21-52/h8-10,12-13,15,22-23,28,37-39,48,52-53,56-57H,6-7,11,14,16-21,24-27H2,1-5H3,(H,47,54)/t28?,37?,38?,39-,42?,43-,44?,45?,46+/m1/s1. The Kier molecular flexibility index (Phi) is 9.80. The number of hydrogen-bond donors (Lipinski definition) is 6. The van der Waals surface area contributed by atoms with Crippen LogP contribution in [0.4, 0.5) is 5.69 Å². The first-order valence-corrected chi connectivity index (χ1v) is 21.6. The lowest BCUT2D eigenvalue weighted by Gasteiger charge is -2.63. The van der Waals surface area contributed by atoms with Crippen LogP contribution in [0, 0.1) is 11.3 Å².